The molecule has 0 atom stereocenters. The minimum Gasteiger partial charge on any atom is -0.208 e. The smallest absolute Gasteiger partial charge is 0.164 e. The Balaban J connectivity index is 1.43. The number of hydrogen-bond donors (Lipinski definition) is 0. The number of rotatable bonds is 5. The minimum atomic E-state index is -0.794. The van der Waals surface area contributed by atoms with E-state index in [9.17, 15) is 2.74 Å². The summed E-state index contributed by atoms with van der Waals surface area (Å²) in [5.41, 5.74) is -1.37. The topological polar surface area (TPSA) is 38.7 Å². The molecule has 0 bridgehead atoms. The van der Waals surface area contributed by atoms with Gasteiger partial charge in [0.25, 0.3) is 0 Å². The molecular weight excluding hydrogens is 534 g/mol. The van der Waals surface area contributed by atoms with Crippen molar-refractivity contribution < 1.29 is 20.6 Å². The molecule has 0 saturated heterocycles. The van der Waals surface area contributed by atoms with Crippen molar-refractivity contribution in [3.8, 4) is 56.4 Å². The molecule has 0 aliphatic rings. The molecule has 0 aliphatic heterocycles. The van der Waals surface area contributed by atoms with Crippen LogP contribution < -0.4 is 0 Å². The molecule has 0 saturated carbocycles. The highest BCUT2D eigenvalue weighted by Crippen LogP contribution is 2.33. The Kier molecular flexibility index (Phi) is 3.64. The molecule has 0 N–H and O–H groups in total. The van der Waals surface area contributed by atoms with Crippen LogP contribution in [-0.2, 0) is 0 Å². The fourth-order valence-electron chi connectivity index (χ4n) is 4.83. The third-order valence-electron chi connectivity index (χ3n) is 6.92. The van der Waals surface area contributed by atoms with E-state index in [4.69, 9.17) is 27.8 Å². The Labute approximate surface area is 277 Å². The van der Waals surface area contributed by atoms with E-state index in [1.807, 2.05) is 36.4 Å². The molecule has 0 aliphatic carbocycles. The predicted molar refractivity (Wildman–Crippen MR) is 182 cm³/mol. The normalized spacial score (nSPS) is 16.0. The summed E-state index contributed by atoms with van der Waals surface area (Å²) in [4.78, 5) is 14.1. The standard InChI is InChI=1S/C41H27N3/c1-3-11-28(12-4-1)32-21-22-35-26-33(23-24-34(35)25-32)31-17-9-18-36(27-31)40-42-39(30-14-5-2-6-15-30)43-41(44-40)38-20-10-16-29-13-7-8-19-37(29)38/h1-27H/i1D,3D,4D,9D,11D,12D,17D,18D,21D,22D,23D,24D,25D,26D,27D. The summed E-state index contributed by atoms with van der Waals surface area (Å²) in [7, 11) is 0. The first kappa shape index (κ1) is 14.5. The maximum atomic E-state index is 9.48. The van der Waals surface area contributed by atoms with Crippen molar-refractivity contribution in [3.63, 3.8) is 0 Å². The van der Waals surface area contributed by atoms with Gasteiger partial charge in [0.2, 0.25) is 0 Å². The van der Waals surface area contributed by atoms with E-state index in [0.717, 1.165) is 10.8 Å². The largest absolute Gasteiger partial charge is 0.208 e. The highest BCUT2D eigenvalue weighted by atomic mass is 15.0. The van der Waals surface area contributed by atoms with Crippen molar-refractivity contribution in [1.82, 2.24) is 15.0 Å². The maximum Gasteiger partial charge on any atom is 0.164 e. The van der Waals surface area contributed by atoms with Gasteiger partial charge in [-0.3, -0.25) is 0 Å². The van der Waals surface area contributed by atoms with Crippen LogP contribution in [0.5, 0.6) is 0 Å². The molecule has 1 heterocycles. The molecule has 206 valence electrons. The number of hydrogen-bond acceptors (Lipinski definition) is 3. The summed E-state index contributed by atoms with van der Waals surface area (Å²) in [5.74, 6) is 0.123. The van der Waals surface area contributed by atoms with E-state index >= 15 is 0 Å². The summed E-state index contributed by atoms with van der Waals surface area (Å²) in [5, 5.41) is 0.683. The van der Waals surface area contributed by atoms with E-state index in [1.165, 1.54) is 0 Å². The minimum absolute atomic E-state index is 0.168. The molecule has 44 heavy (non-hydrogen) atoms. The molecule has 3 nitrogen and oxygen atoms in total. The van der Waals surface area contributed by atoms with Gasteiger partial charge in [-0.2, -0.15) is 0 Å². The van der Waals surface area contributed by atoms with Crippen molar-refractivity contribution in [2.24, 2.45) is 0 Å². The Bertz CT molecular complexity index is 3090. The SMILES string of the molecule is [2H]c1c([2H])c([2H])c(-c2c([2H])c([2H])c3c([2H])c(-c4c([2H])c([2H])c([2H])c(-c5nc(-c6ccccc6)nc(-c6cccc7ccccc67)n5)c4[2H])c([2H])c([2H])c3c2[2H])c([2H])c1[2H]. The summed E-state index contributed by atoms with van der Waals surface area (Å²) in [6.45, 7) is 0. The van der Waals surface area contributed by atoms with E-state index < -0.39 is 124 Å². The van der Waals surface area contributed by atoms with Gasteiger partial charge in [0.05, 0.1) is 20.6 Å². The molecule has 8 aromatic rings. The van der Waals surface area contributed by atoms with Gasteiger partial charge >= 0.3 is 0 Å². The first-order chi connectivity index (χ1) is 28.1. The van der Waals surface area contributed by atoms with Crippen LogP contribution in [0.15, 0.2) is 163 Å². The monoisotopic (exact) mass is 576 g/mol. The molecule has 7 aromatic carbocycles. The summed E-state index contributed by atoms with van der Waals surface area (Å²) in [6, 6.07) is 11.0. The first-order valence-corrected chi connectivity index (χ1v) is 13.6. The highest BCUT2D eigenvalue weighted by molar-refractivity contribution is 5.95. The summed E-state index contributed by atoms with van der Waals surface area (Å²) >= 11 is 0. The average Bonchev–Trinajstić information content (AvgIpc) is 3.24. The van der Waals surface area contributed by atoms with Gasteiger partial charge in [-0.1, -0.05) is 145 Å². The molecule has 0 fully saturated rings. The molecule has 0 amide bonds. The number of fused-ring (bicyclic) bond motifs is 2. The maximum absolute atomic E-state index is 9.48. The van der Waals surface area contributed by atoms with Gasteiger partial charge in [-0.05, 0) is 61.9 Å². The van der Waals surface area contributed by atoms with Crippen LogP contribution in [0.3, 0.4) is 0 Å². The second-order valence-electron chi connectivity index (χ2n) is 9.70. The van der Waals surface area contributed by atoms with Crippen LogP contribution in [0.2, 0.25) is 0 Å². The second kappa shape index (κ2) is 11.0. The third-order valence-corrected chi connectivity index (χ3v) is 6.92. The number of nitrogens with zero attached hydrogens (tertiary/aromatic N) is 3. The van der Waals surface area contributed by atoms with Gasteiger partial charge in [-0.25, -0.2) is 15.0 Å². The van der Waals surface area contributed by atoms with Crippen molar-refractivity contribution in [1.29, 1.82) is 0 Å². The van der Waals surface area contributed by atoms with Gasteiger partial charge < -0.3 is 0 Å². The van der Waals surface area contributed by atoms with Crippen molar-refractivity contribution in [3.05, 3.63) is 163 Å². The summed E-state index contributed by atoms with van der Waals surface area (Å²) in [6.07, 6.45) is 0. The van der Waals surface area contributed by atoms with Crippen LogP contribution in [-0.4, -0.2) is 15.0 Å². The second-order valence-corrected chi connectivity index (χ2v) is 9.70. The quantitative estimate of drug-likeness (QED) is 0.205. The van der Waals surface area contributed by atoms with Gasteiger partial charge in [-0.15, -0.1) is 0 Å². The zero-order chi connectivity index (χ0) is 42.3. The lowest BCUT2D eigenvalue weighted by Gasteiger charge is -2.11. The molecule has 8 rings (SSSR count). The molecule has 0 radical (unpaired) electrons. The van der Waals surface area contributed by atoms with Crippen molar-refractivity contribution in [2.75, 3.05) is 0 Å². The zero-order valence-corrected chi connectivity index (χ0v) is 22.8. The summed E-state index contributed by atoms with van der Waals surface area (Å²) < 4.78 is 132. The molecule has 0 unspecified atom stereocenters. The van der Waals surface area contributed by atoms with E-state index in [2.05, 4.69) is 4.98 Å². The first-order valence-electron chi connectivity index (χ1n) is 21.1. The predicted octanol–water partition coefficient (Wildman–Crippen LogP) is 10.5. The fourth-order valence-corrected chi connectivity index (χ4v) is 4.83. The fraction of sp³-hybridized carbons (Fsp3) is 0. The molecule has 0 spiro atoms. The molecular formula is C41H27N3. The highest BCUT2D eigenvalue weighted by Gasteiger charge is 2.15. The van der Waals surface area contributed by atoms with E-state index in [-0.39, 0.29) is 23.0 Å². The van der Waals surface area contributed by atoms with Crippen molar-refractivity contribution >= 4 is 21.5 Å². The molecule has 3 heteroatoms. The Morgan fingerprint density at radius 2 is 0.955 bits per heavy atom. The van der Waals surface area contributed by atoms with Crippen LogP contribution in [0.4, 0.5) is 0 Å². The number of benzene rings is 7. The van der Waals surface area contributed by atoms with Crippen LogP contribution in [0.1, 0.15) is 20.6 Å². The average molecular weight is 577 g/mol. The number of aromatic nitrogens is 3. The van der Waals surface area contributed by atoms with Gasteiger partial charge in [0, 0.05) is 16.7 Å². The van der Waals surface area contributed by atoms with Gasteiger partial charge in [0.1, 0.15) is 0 Å². The van der Waals surface area contributed by atoms with Crippen molar-refractivity contribution in [2.45, 2.75) is 0 Å². The van der Waals surface area contributed by atoms with Gasteiger partial charge in [0.15, 0.2) is 17.5 Å². The zero-order valence-electron chi connectivity index (χ0n) is 37.8. The lowest BCUT2D eigenvalue weighted by Crippen LogP contribution is -2.00. The van der Waals surface area contributed by atoms with Crippen LogP contribution >= 0.6 is 0 Å². The Morgan fingerprint density at radius 1 is 0.364 bits per heavy atom. The Hall–Kier alpha value is -5.93. The third kappa shape index (κ3) is 4.91. The Morgan fingerprint density at radius 3 is 1.75 bits per heavy atom. The van der Waals surface area contributed by atoms with E-state index in [0.29, 0.717) is 11.1 Å². The molecule has 1 aromatic heterocycles. The lowest BCUT2D eigenvalue weighted by molar-refractivity contribution is 1.08. The lowest BCUT2D eigenvalue weighted by atomic mass is 9.97. The van der Waals surface area contributed by atoms with Crippen LogP contribution in [0.25, 0.3) is 78.0 Å². The van der Waals surface area contributed by atoms with Crippen LogP contribution in [0, 0.1) is 0 Å². The van der Waals surface area contributed by atoms with E-state index in [1.54, 1.807) is 36.4 Å².